The summed E-state index contributed by atoms with van der Waals surface area (Å²) in [5.74, 6) is 1.05. The molecule has 0 atom stereocenters. The van der Waals surface area contributed by atoms with Crippen molar-refractivity contribution in [3.8, 4) is 0 Å². The van der Waals surface area contributed by atoms with Crippen LogP contribution in [0.4, 0.5) is 0 Å². The Bertz CT molecular complexity index is 171. The van der Waals surface area contributed by atoms with Gasteiger partial charge in [-0.2, -0.15) is 0 Å². The van der Waals surface area contributed by atoms with Gasteiger partial charge in [-0.25, -0.2) is 0 Å². The second-order valence-electron chi connectivity index (χ2n) is 5.31. The summed E-state index contributed by atoms with van der Waals surface area (Å²) in [5.41, 5.74) is 0.885. The van der Waals surface area contributed by atoms with E-state index in [0.29, 0.717) is 0 Å². The van der Waals surface area contributed by atoms with Crippen molar-refractivity contribution in [2.24, 2.45) is 11.3 Å². The zero-order valence-electron chi connectivity index (χ0n) is 7.81. The van der Waals surface area contributed by atoms with Crippen LogP contribution in [0.3, 0.4) is 0 Å². The highest BCUT2D eigenvalue weighted by Crippen LogP contribution is 2.58. The molecule has 3 fully saturated rings. The first-order chi connectivity index (χ1) is 5.86. The molecule has 0 aromatic carbocycles. The van der Waals surface area contributed by atoms with Crippen LogP contribution < -0.4 is 5.32 Å². The van der Waals surface area contributed by atoms with Crippen LogP contribution in [0, 0.1) is 11.3 Å². The highest BCUT2D eigenvalue weighted by Gasteiger charge is 2.47. The molecule has 3 aliphatic rings. The minimum absolute atomic E-state index is 0.885. The topological polar surface area (TPSA) is 12.0 Å². The molecule has 12 heavy (non-hydrogen) atoms. The normalized spacial score (nSPS) is 33.0. The predicted octanol–water partition coefficient (Wildman–Crippen LogP) is 2.32. The first-order valence-electron chi connectivity index (χ1n) is 5.60. The smallest absolute Gasteiger partial charge is 0.00683 e. The molecule has 3 aliphatic carbocycles. The van der Waals surface area contributed by atoms with Crippen LogP contribution in [0.2, 0.25) is 0 Å². The summed E-state index contributed by atoms with van der Waals surface area (Å²) < 4.78 is 0. The van der Waals surface area contributed by atoms with Crippen LogP contribution in [0.15, 0.2) is 0 Å². The summed E-state index contributed by atoms with van der Waals surface area (Å²) in [5, 5.41) is 3.64. The molecule has 0 radical (unpaired) electrons. The van der Waals surface area contributed by atoms with E-state index in [1.165, 1.54) is 25.8 Å². The molecule has 0 amide bonds. The van der Waals surface area contributed by atoms with Crippen molar-refractivity contribution in [1.82, 2.24) is 5.32 Å². The lowest BCUT2D eigenvalue weighted by Gasteiger charge is -2.54. The zero-order valence-corrected chi connectivity index (χ0v) is 7.81. The van der Waals surface area contributed by atoms with Gasteiger partial charge in [-0.1, -0.05) is 6.42 Å². The summed E-state index contributed by atoms with van der Waals surface area (Å²) in [6, 6.07) is 0.919. The second-order valence-corrected chi connectivity index (χ2v) is 5.31. The molecule has 0 unspecified atom stereocenters. The molecule has 0 aromatic rings. The van der Waals surface area contributed by atoms with Crippen molar-refractivity contribution < 1.29 is 0 Å². The number of hydrogen-bond donors (Lipinski definition) is 1. The summed E-state index contributed by atoms with van der Waals surface area (Å²) >= 11 is 0. The largest absolute Gasteiger partial charge is 0.314 e. The molecule has 3 saturated carbocycles. The monoisotopic (exact) mass is 165 g/mol. The molecular weight excluding hydrogens is 146 g/mol. The van der Waals surface area contributed by atoms with Gasteiger partial charge in [0.2, 0.25) is 0 Å². The summed E-state index contributed by atoms with van der Waals surface area (Å²) in [6.07, 6.45) is 10.6. The highest BCUT2D eigenvalue weighted by atomic mass is 15.0. The van der Waals surface area contributed by atoms with E-state index in [0.717, 1.165) is 17.4 Å². The van der Waals surface area contributed by atoms with E-state index in [1.54, 1.807) is 25.7 Å². The fourth-order valence-corrected chi connectivity index (χ4v) is 3.02. The third-order valence-electron chi connectivity index (χ3n) is 4.13. The van der Waals surface area contributed by atoms with Gasteiger partial charge in [-0.3, -0.25) is 0 Å². The Kier molecular flexibility index (Phi) is 1.52. The maximum atomic E-state index is 3.64. The lowest BCUT2D eigenvalue weighted by atomic mass is 9.52. The van der Waals surface area contributed by atoms with Gasteiger partial charge in [0.1, 0.15) is 0 Å². The van der Waals surface area contributed by atoms with Crippen molar-refractivity contribution in [2.75, 3.05) is 6.54 Å². The predicted molar refractivity (Wildman–Crippen MR) is 50.0 cm³/mol. The fourth-order valence-electron chi connectivity index (χ4n) is 3.02. The SMILES string of the molecule is C1CC2(C1)CC(CNC1CC1)C2. The van der Waals surface area contributed by atoms with Crippen molar-refractivity contribution in [2.45, 2.75) is 51.0 Å². The Morgan fingerprint density at radius 3 is 2.42 bits per heavy atom. The molecule has 1 nitrogen and oxygen atoms in total. The second kappa shape index (κ2) is 2.47. The van der Waals surface area contributed by atoms with Crippen LogP contribution in [0.25, 0.3) is 0 Å². The van der Waals surface area contributed by atoms with Gasteiger partial charge in [-0.15, -0.1) is 0 Å². The third kappa shape index (κ3) is 1.19. The van der Waals surface area contributed by atoms with Crippen LogP contribution in [-0.4, -0.2) is 12.6 Å². The Labute approximate surface area is 74.9 Å². The summed E-state index contributed by atoms with van der Waals surface area (Å²) in [7, 11) is 0. The lowest BCUT2D eigenvalue weighted by Crippen LogP contribution is -2.46. The van der Waals surface area contributed by atoms with Crippen molar-refractivity contribution >= 4 is 0 Å². The van der Waals surface area contributed by atoms with Gasteiger partial charge in [-0.05, 0) is 56.4 Å². The van der Waals surface area contributed by atoms with Crippen LogP contribution in [0.5, 0.6) is 0 Å². The van der Waals surface area contributed by atoms with Gasteiger partial charge in [0.05, 0.1) is 0 Å². The molecule has 68 valence electrons. The van der Waals surface area contributed by atoms with Crippen LogP contribution in [0.1, 0.15) is 44.9 Å². The molecule has 0 aromatic heterocycles. The number of hydrogen-bond acceptors (Lipinski definition) is 1. The average molecular weight is 165 g/mol. The molecule has 1 N–H and O–H groups in total. The van der Waals surface area contributed by atoms with Gasteiger partial charge < -0.3 is 5.32 Å². The van der Waals surface area contributed by atoms with E-state index in [4.69, 9.17) is 0 Å². The van der Waals surface area contributed by atoms with Crippen LogP contribution >= 0.6 is 0 Å². The lowest BCUT2D eigenvalue weighted by molar-refractivity contribution is -0.0236. The van der Waals surface area contributed by atoms with E-state index in [1.807, 2.05) is 0 Å². The maximum Gasteiger partial charge on any atom is 0.00683 e. The molecule has 0 aliphatic heterocycles. The zero-order chi connectivity index (χ0) is 8.02. The van der Waals surface area contributed by atoms with Crippen molar-refractivity contribution in [3.63, 3.8) is 0 Å². The van der Waals surface area contributed by atoms with Gasteiger partial charge in [0.15, 0.2) is 0 Å². The average Bonchev–Trinajstić information content (AvgIpc) is 2.63. The quantitative estimate of drug-likeness (QED) is 0.676. The van der Waals surface area contributed by atoms with Crippen molar-refractivity contribution in [1.29, 1.82) is 0 Å². The standard InChI is InChI=1S/C11H19N/c1-4-11(5-1)6-9(7-11)8-12-10-2-3-10/h9-10,12H,1-8H2. The summed E-state index contributed by atoms with van der Waals surface area (Å²) in [4.78, 5) is 0. The molecule has 0 heterocycles. The minimum Gasteiger partial charge on any atom is -0.314 e. The first-order valence-corrected chi connectivity index (χ1v) is 5.60. The summed E-state index contributed by atoms with van der Waals surface area (Å²) in [6.45, 7) is 1.33. The minimum atomic E-state index is 0.885. The Morgan fingerprint density at radius 1 is 1.17 bits per heavy atom. The van der Waals surface area contributed by atoms with E-state index in [-0.39, 0.29) is 0 Å². The van der Waals surface area contributed by atoms with E-state index >= 15 is 0 Å². The molecular formula is C11H19N. The first kappa shape index (κ1) is 7.37. The number of nitrogens with one attached hydrogen (secondary N) is 1. The molecule has 0 bridgehead atoms. The van der Waals surface area contributed by atoms with Gasteiger partial charge in [0, 0.05) is 6.04 Å². The van der Waals surface area contributed by atoms with Gasteiger partial charge in [0.25, 0.3) is 0 Å². The molecule has 1 heteroatoms. The van der Waals surface area contributed by atoms with E-state index in [2.05, 4.69) is 5.32 Å². The Hall–Kier alpha value is -0.0400. The van der Waals surface area contributed by atoms with E-state index < -0.39 is 0 Å². The third-order valence-corrected chi connectivity index (χ3v) is 4.13. The molecule has 0 saturated heterocycles. The molecule has 3 rings (SSSR count). The maximum absolute atomic E-state index is 3.64. The highest BCUT2D eigenvalue weighted by molar-refractivity contribution is 5.00. The Morgan fingerprint density at radius 2 is 1.92 bits per heavy atom. The number of rotatable bonds is 3. The fraction of sp³-hybridized carbons (Fsp3) is 1.00. The van der Waals surface area contributed by atoms with Gasteiger partial charge >= 0.3 is 0 Å². The Balaban J connectivity index is 1.38. The van der Waals surface area contributed by atoms with E-state index in [9.17, 15) is 0 Å². The molecule has 1 spiro atoms. The van der Waals surface area contributed by atoms with Crippen LogP contribution in [-0.2, 0) is 0 Å². The van der Waals surface area contributed by atoms with Crippen molar-refractivity contribution in [3.05, 3.63) is 0 Å².